The van der Waals surface area contributed by atoms with Gasteiger partial charge < -0.3 is 15.0 Å². The van der Waals surface area contributed by atoms with Crippen LogP contribution in [-0.4, -0.2) is 28.7 Å². The van der Waals surface area contributed by atoms with Gasteiger partial charge in [-0.3, -0.25) is 9.78 Å². The van der Waals surface area contributed by atoms with Crippen LogP contribution in [0.5, 0.6) is 5.75 Å². The first-order chi connectivity index (χ1) is 13.3. The number of benzene rings is 1. The maximum atomic E-state index is 12.2. The molecule has 148 valence electrons. The van der Waals surface area contributed by atoms with Gasteiger partial charge in [-0.25, -0.2) is 0 Å². The number of ether oxygens (including phenoxy) is 1. The van der Waals surface area contributed by atoms with Crippen LogP contribution in [0.1, 0.15) is 30.6 Å². The number of H-pyrrole nitrogens is 1. The Hall–Kier alpha value is -3.03. The predicted octanol–water partition coefficient (Wildman–Crippen LogP) is 4.31. The first kappa shape index (κ1) is 19.7. The van der Waals surface area contributed by atoms with E-state index in [1.54, 1.807) is 6.92 Å². The lowest BCUT2D eigenvalue weighted by Gasteiger charge is -2.14. The van der Waals surface area contributed by atoms with Crippen molar-refractivity contribution in [1.29, 1.82) is 0 Å². The number of nitrogens with one attached hydrogen (secondary N) is 2. The summed E-state index contributed by atoms with van der Waals surface area (Å²) in [7, 11) is 0. The monoisotopic (exact) mass is 391 g/mol. The number of nitrogens with zero attached hydrogens (tertiary/aromatic N) is 1. The van der Waals surface area contributed by atoms with Crippen LogP contribution in [0, 0.1) is 0 Å². The van der Waals surface area contributed by atoms with Crippen LogP contribution < -0.4 is 10.1 Å². The summed E-state index contributed by atoms with van der Waals surface area (Å²) in [6.45, 7) is 0.399. The van der Waals surface area contributed by atoms with Gasteiger partial charge in [0.25, 0.3) is 0 Å². The molecule has 3 aromatic rings. The summed E-state index contributed by atoms with van der Waals surface area (Å²) < 4.78 is 41.1. The van der Waals surface area contributed by atoms with Gasteiger partial charge in [0, 0.05) is 23.5 Å². The van der Waals surface area contributed by atoms with Gasteiger partial charge in [0.1, 0.15) is 5.75 Å². The maximum Gasteiger partial charge on any atom is 0.422 e. The van der Waals surface area contributed by atoms with Gasteiger partial charge in [0.05, 0.1) is 17.9 Å². The molecule has 0 bridgehead atoms. The fraction of sp³-hybridized carbons (Fsp3) is 0.300. The molecule has 2 aromatic heterocycles. The third-order valence-corrected chi connectivity index (χ3v) is 4.28. The van der Waals surface area contributed by atoms with E-state index in [1.165, 1.54) is 18.3 Å². The van der Waals surface area contributed by atoms with E-state index in [4.69, 9.17) is 0 Å². The number of carbonyl (C=O) groups is 1. The minimum absolute atomic E-state index is 0.0268. The molecule has 0 saturated carbocycles. The number of amides is 1. The molecular weight excluding hydrogens is 371 g/mol. The zero-order valence-corrected chi connectivity index (χ0v) is 15.2. The van der Waals surface area contributed by atoms with Crippen molar-refractivity contribution < 1.29 is 22.7 Å². The van der Waals surface area contributed by atoms with Gasteiger partial charge >= 0.3 is 6.18 Å². The van der Waals surface area contributed by atoms with Crippen LogP contribution in [0.2, 0.25) is 0 Å². The van der Waals surface area contributed by atoms with Crippen molar-refractivity contribution in [3.05, 3.63) is 60.0 Å². The van der Waals surface area contributed by atoms with Crippen LogP contribution in [0.4, 0.5) is 13.2 Å². The normalized spacial score (nSPS) is 12.7. The fourth-order valence-corrected chi connectivity index (χ4v) is 2.87. The molecule has 1 aromatic carbocycles. The Morgan fingerprint density at radius 3 is 2.75 bits per heavy atom. The number of halogens is 3. The molecule has 1 amide bonds. The number of hydrogen-bond donors (Lipinski definition) is 2. The molecule has 0 aliphatic carbocycles. The van der Waals surface area contributed by atoms with Gasteiger partial charge in [-0.1, -0.05) is 18.2 Å². The Balaban J connectivity index is 1.51. The molecular formula is C20H20F3N3O2. The lowest BCUT2D eigenvalue weighted by atomic mass is 10.1. The number of alkyl halides is 3. The Bertz CT molecular complexity index is 936. The summed E-state index contributed by atoms with van der Waals surface area (Å²) in [6.07, 6.45) is -0.359. The summed E-state index contributed by atoms with van der Waals surface area (Å²) >= 11 is 0. The molecule has 0 aliphatic heterocycles. The van der Waals surface area contributed by atoms with E-state index in [0.717, 1.165) is 16.5 Å². The second-order valence-electron chi connectivity index (χ2n) is 6.47. The van der Waals surface area contributed by atoms with Crippen molar-refractivity contribution in [2.75, 3.05) is 6.61 Å². The summed E-state index contributed by atoms with van der Waals surface area (Å²) in [5, 5.41) is 3.95. The van der Waals surface area contributed by atoms with E-state index in [2.05, 4.69) is 20.0 Å². The van der Waals surface area contributed by atoms with Gasteiger partial charge in [0.2, 0.25) is 5.91 Å². The van der Waals surface area contributed by atoms with Crippen LogP contribution in [0.25, 0.3) is 10.9 Å². The number of fused-ring (bicyclic) bond motifs is 1. The molecule has 2 N–H and O–H groups in total. The molecule has 0 radical (unpaired) electrons. The minimum Gasteiger partial charge on any atom is -0.483 e. The first-order valence-corrected chi connectivity index (χ1v) is 8.82. The molecule has 0 fully saturated rings. The standard InChI is InChI=1S/C20H20F3N3O2/c1-13(17-8-7-15(11-25-17)28-12-20(21,22)23)26-19(27)9-6-14-10-24-18-5-3-2-4-16(14)18/h2-5,7-8,10-11,13,24H,6,9,12H2,1H3,(H,26,27)/t13-/m1/s1. The van der Waals surface area contributed by atoms with E-state index in [0.29, 0.717) is 18.5 Å². The van der Waals surface area contributed by atoms with Gasteiger partial charge in [-0.05, 0) is 37.1 Å². The van der Waals surface area contributed by atoms with Crippen molar-refractivity contribution in [2.45, 2.75) is 32.0 Å². The predicted molar refractivity (Wildman–Crippen MR) is 99.0 cm³/mol. The zero-order valence-electron chi connectivity index (χ0n) is 15.2. The van der Waals surface area contributed by atoms with Crippen molar-refractivity contribution in [2.24, 2.45) is 0 Å². The Labute approximate surface area is 159 Å². The molecule has 0 unspecified atom stereocenters. The van der Waals surface area contributed by atoms with E-state index >= 15 is 0 Å². The van der Waals surface area contributed by atoms with Gasteiger partial charge in [-0.2, -0.15) is 13.2 Å². The number of rotatable bonds is 7. The van der Waals surface area contributed by atoms with Gasteiger partial charge in [0.15, 0.2) is 6.61 Å². The molecule has 1 atom stereocenters. The quantitative estimate of drug-likeness (QED) is 0.631. The molecule has 2 heterocycles. The number of aromatic nitrogens is 2. The molecule has 0 spiro atoms. The highest BCUT2D eigenvalue weighted by Crippen LogP contribution is 2.21. The zero-order chi connectivity index (χ0) is 20.1. The third-order valence-electron chi connectivity index (χ3n) is 4.28. The first-order valence-electron chi connectivity index (χ1n) is 8.82. The second-order valence-corrected chi connectivity index (χ2v) is 6.47. The van der Waals surface area contributed by atoms with Crippen molar-refractivity contribution in [3.8, 4) is 5.75 Å². The maximum absolute atomic E-state index is 12.2. The number of carbonyl (C=O) groups excluding carboxylic acids is 1. The van der Waals surface area contributed by atoms with E-state index in [-0.39, 0.29) is 17.7 Å². The average Bonchev–Trinajstić information content (AvgIpc) is 3.08. The van der Waals surface area contributed by atoms with Crippen molar-refractivity contribution in [1.82, 2.24) is 15.3 Å². The number of pyridine rings is 1. The summed E-state index contributed by atoms with van der Waals surface area (Å²) in [5.41, 5.74) is 2.64. The molecule has 0 saturated heterocycles. The lowest BCUT2D eigenvalue weighted by molar-refractivity contribution is -0.153. The smallest absolute Gasteiger partial charge is 0.422 e. The highest BCUT2D eigenvalue weighted by atomic mass is 19.4. The molecule has 28 heavy (non-hydrogen) atoms. The molecule has 3 rings (SSSR count). The largest absolute Gasteiger partial charge is 0.483 e. The van der Waals surface area contributed by atoms with Crippen molar-refractivity contribution in [3.63, 3.8) is 0 Å². The minimum atomic E-state index is -4.40. The Morgan fingerprint density at radius 1 is 1.25 bits per heavy atom. The highest BCUT2D eigenvalue weighted by Gasteiger charge is 2.28. The molecule has 8 heteroatoms. The van der Waals surface area contributed by atoms with Crippen LogP contribution in [0.3, 0.4) is 0 Å². The Morgan fingerprint density at radius 2 is 2.04 bits per heavy atom. The number of para-hydroxylation sites is 1. The van der Waals surface area contributed by atoms with E-state index in [1.807, 2.05) is 30.5 Å². The Kier molecular flexibility index (Phi) is 5.87. The summed E-state index contributed by atoms with van der Waals surface area (Å²) in [4.78, 5) is 19.5. The highest BCUT2D eigenvalue weighted by molar-refractivity contribution is 5.84. The van der Waals surface area contributed by atoms with E-state index < -0.39 is 12.8 Å². The van der Waals surface area contributed by atoms with Gasteiger partial charge in [-0.15, -0.1) is 0 Å². The number of aromatic amines is 1. The average molecular weight is 391 g/mol. The number of aryl methyl sites for hydroxylation is 1. The van der Waals surface area contributed by atoms with Crippen LogP contribution in [0.15, 0.2) is 48.8 Å². The lowest BCUT2D eigenvalue weighted by Crippen LogP contribution is -2.27. The SMILES string of the molecule is C[C@@H](NC(=O)CCc1c[nH]c2ccccc12)c1ccc(OCC(F)(F)F)cn1. The third kappa shape index (κ3) is 5.25. The van der Waals surface area contributed by atoms with Crippen molar-refractivity contribution >= 4 is 16.8 Å². The topological polar surface area (TPSA) is 67.0 Å². The second kappa shape index (κ2) is 8.33. The fourth-order valence-electron chi connectivity index (χ4n) is 2.87. The van der Waals surface area contributed by atoms with Crippen LogP contribution in [-0.2, 0) is 11.2 Å². The van der Waals surface area contributed by atoms with E-state index in [9.17, 15) is 18.0 Å². The van der Waals surface area contributed by atoms with Crippen LogP contribution >= 0.6 is 0 Å². The molecule has 5 nitrogen and oxygen atoms in total. The molecule has 0 aliphatic rings. The summed E-state index contributed by atoms with van der Waals surface area (Å²) in [6, 6.07) is 10.5. The number of hydrogen-bond acceptors (Lipinski definition) is 3. The summed E-state index contributed by atoms with van der Waals surface area (Å²) in [5.74, 6) is -0.101.